The highest BCUT2D eigenvalue weighted by atomic mass is 14.4. The Balaban J connectivity index is 2.55. The SMILES string of the molecule is C=C(C)CCC1CC(C(C)(C)C)CCC1=C. The molecule has 1 saturated carbocycles. The smallest absolute Gasteiger partial charge is 0.0200 e. The van der Waals surface area contributed by atoms with Gasteiger partial charge in [-0.2, -0.15) is 0 Å². The molecular formula is C16H28. The molecule has 1 aliphatic carbocycles. The Hall–Kier alpha value is -0.520. The van der Waals surface area contributed by atoms with Crippen LogP contribution in [0.2, 0.25) is 0 Å². The molecule has 0 heteroatoms. The Labute approximate surface area is 102 Å². The van der Waals surface area contributed by atoms with Gasteiger partial charge < -0.3 is 0 Å². The minimum atomic E-state index is 0.460. The molecule has 0 N–H and O–H groups in total. The van der Waals surface area contributed by atoms with E-state index in [0.29, 0.717) is 5.41 Å². The molecule has 0 heterocycles. The Morgan fingerprint density at radius 3 is 2.50 bits per heavy atom. The van der Waals surface area contributed by atoms with Crippen molar-refractivity contribution >= 4 is 0 Å². The second kappa shape index (κ2) is 5.21. The Bertz CT molecular complexity index is 264. The van der Waals surface area contributed by atoms with Crippen LogP contribution in [0.1, 0.15) is 59.8 Å². The number of rotatable bonds is 3. The fraction of sp³-hybridized carbons (Fsp3) is 0.750. The van der Waals surface area contributed by atoms with E-state index < -0.39 is 0 Å². The maximum Gasteiger partial charge on any atom is -0.0200 e. The summed E-state index contributed by atoms with van der Waals surface area (Å²) in [5, 5.41) is 0. The molecule has 2 unspecified atom stereocenters. The van der Waals surface area contributed by atoms with Crippen LogP contribution < -0.4 is 0 Å². The van der Waals surface area contributed by atoms with E-state index >= 15 is 0 Å². The quantitative estimate of drug-likeness (QED) is 0.562. The molecule has 0 aromatic carbocycles. The Morgan fingerprint density at radius 1 is 1.38 bits per heavy atom. The summed E-state index contributed by atoms with van der Waals surface area (Å²) in [7, 11) is 0. The number of allylic oxidation sites excluding steroid dienone is 2. The molecule has 0 aromatic rings. The van der Waals surface area contributed by atoms with Gasteiger partial charge in [0.1, 0.15) is 0 Å². The first-order chi connectivity index (χ1) is 7.30. The summed E-state index contributed by atoms with van der Waals surface area (Å²) in [5.74, 6) is 1.61. The molecule has 0 bridgehead atoms. The normalized spacial score (nSPS) is 26.9. The number of hydrogen-bond donors (Lipinski definition) is 0. The van der Waals surface area contributed by atoms with Crippen LogP contribution in [0.3, 0.4) is 0 Å². The van der Waals surface area contributed by atoms with Crippen molar-refractivity contribution in [2.24, 2.45) is 17.3 Å². The summed E-state index contributed by atoms with van der Waals surface area (Å²) in [6.45, 7) is 17.5. The van der Waals surface area contributed by atoms with Crippen molar-refractivity contribution < 1.29 is 0 Å². The summed E-state index contributed by atoms with van der Waals surface area (Å²) in [6.07, 6.45) is 6.35. The number of hydrogen-bond acceptors (Lipinski definition) is 0. The van der Waals surface area contributed by atoms with Crippen molar-refractivity contribution in [1.82, 2.24) is 0 Å². The first kappa shape index (κ1) is 13.5. The minimum absolute atomic E-state index is 0.460. The van der Waals surface area contributed by atoms with Gasteiger partial charge in [-0.25, -0.2) is 0 Å². The van der Waals surface area contributed by atoms with Crippen molar-refractivity contribution in [3.8, 4) is 0 Å². The molecule has 0 nitrogen and oxygen atoms in total. The largest absolute Gasteiger partial charge is 0.100 e. The second-order valence-electron chi connectivity index (χ2n) is 6.69. The van der Waals surface area contributed by atoms with Gasteiger partial charge in [-0.05, 0) is 56.3 Å². The molecule has 0 aliphatic heterocycles. The van der Waals surface area contributed by atoms with E-state index in [0.717, 1.165) is 11.8 Å². The Kier molecular flexibility index (Phi) is 4.41. The van der Waals surface area contributed by atoms with Crippen LogP contribution in [0.4, 0.5) is 0 Å². The predicted molar refractivity (Wildman–Crippen MR) is 73.5 cm³/mol. The van der Waals surface area contributed by atoms with Gasteiger partial charge in [-0.3, -0.25) is 0 Å². The van der Waals surface area contributed by atoms with E-state index in [1.807, 2.05) is 0 Å². The lowest BCUT2D eigenvalue weighted by atomic mass is 9.67. The average molecular weight is 220 g/mol. The highest BCUT2D eigenvalue weighted by Crippen LogP contribution is 2.43. The van der Waals surface area contributed by atoms with Crippen molar-refractivity contribution in [3.63, 3.8) is 0 Å². The van der Waals surface area contributed by atoms with E-state index in [-0.39, 0.29) is 0 Å². The van der Waals surface area contributed by atoms with Crippen LogP contribution in [0.25, 0.3) is 0 Å². The third kappa shape index (κ3) is 3.81. The zero-order valence-corrected chi connectivity index (χ0v) is 11.6. The second-order valence-corrected chi connectivity index (χ2v) is 6.69. The van der Waals surface area contributed by atoms with Gasteiger partial charge in [-0.1, -0.05) is 38.5 Å². The lowest BCUT2D eigenvalue weighted by Gasteiger charge is -2.39. The monoisotopic (exact) mass is 220 g/mol. The summed E-state index contributed by atoms with van der Waals surface area (Å²) in [4.78, 5) is 0. The molecule has 1 rings (SSSR count). The molecule has 16 heavy (non-hydrogen) atoms. The fourth-order valence-electron chi connectivity index (χ4n) is 2.72. The van der Waals surface area contributed by atoms with Crippen LogP contribution in [-0.2, 0) is 0 Å². The highest BCUT2D eigenvalue weighted by molar-refractivity contribution is 5.07. The molecule has 2 atom stereocenters. The molecule has 0 saturated heterocycles. The molecule has 0 spiro atoms. The zero-order chi connectivity index (χ0) is 12.3. The van der Waals surface area contributed by atoms with Gasteiger partial charge >= 0.3 is 0 Å². The van der Waals surface area contributed by atoms with E-state index in [1.165, 1.54) is 43.3 Å². The minimum Gasteiger partial charge on any atom is -0.100 e. The van der Waals surface area contributed by atoms with Gasteiger partial charge in [0.2, 0.25) is 0 Å². The molecule has 0 radical (unpaired) electrons. The third-order valence-electron chi connectivity index (χ3n) is 4.10. The van der Waals surface area contributed by atoms with E-state index in [4.69, 9.17) is 0 Å². The van der Waals surface area contributed by atoms with Crippen LogP contribution >= 0.6 is 0 Å². The maximum absolute atomic E-state index is 4.26. The lowest BCUT2D eigenvalue weighted by Crippen LogP contribution is -2.27. The molecule has 0 aromatic heterocycles. The lowest BCUT2D eigenvalue weighted by molar-refractivity contribution is 0.166. The van der Waals surface area contributed by atoms with E-state index in [1.54, 1.807) is 0 Å². The highest BCUT2D eigenvalue weighted by Gasteiger charge is 2.31. The fourth-order valence-corrected chi connectivity index (χ4v) is 2.72. The summed E-state index contributed by atoms with van der Waals surface area (Å²) in [6, 6.07) is 0. The molecule has 0 amide bonds. The van der Waals surface area contributed by atoms with Crippen molar-refractivity contribution in [2.45, 2.75) is 59.8 Å². The summed E-state index contributed by atoms with van der Waals surface area (Å²) < 4.78 is 0. The predicted octanol–water partition coefficient (Wildman–Crippen LogP) is 5.36. The summed E-state index contributed by atoms with van der Waals surface area (Å²) in [5.41, 5.74) is 3.26. The topological polar surface area (TPSA) is 0 Å². The van der Waals surface area contributed by atoms with Crippen LogP contribution in [0.5, 0.6) is 0 Å². The van der Waals surface area contributed by atoms with Gasteiger partial charge in [0.05, 0.1) is 0 Å². The molecule has 1 fully saturated rings. The third-order valence-corrected chi connectivity index (χ3v) is 4.10. The molecule has 92 valence electrons. The maximum atomic E-state index is 4.26. The van der Waals surface area contributed by atoms with Gasteiger partial charge in [-0.15, -0.1) is 6.58 Å². The van der Waals surface area contributed by atoms with E-state index in [2.05, 4.69) is 40.9 Å². The molecule has 1 aliphatic rings. The van der Waals surface area contributed by atoms with Crippen LogP contribution in [-0.4, -0.2) is 0 Å². The van der Waals surface area contributed by atoms with Gasteiger partial charge in [0.25, 0.3) is 0 Å². The van der Waals surface area contributed by atoms with Crippen LogP contribution in [0.15, 0.2) is 24.3 Å². The van der Waals surface area contributed by atoms with Crippen molar-refractivity contribution in [3.05, 3.63) is 24.3 Å². The van der Waals surface area contributed by atoms with Gasteiger partial charge in [0.15, 0.2) is 0 Å². The first-order valence-corrected chi connectivity index (χ1v) is 6.62. The Morgan fingerprint density at radius 2 is 2.00 bits per heavy atom. The van der Waals surface area contributed by atoms with E-state index in [9.17, 15) is 0 Å². The first-order valence-electron chi connectivity index (χ1n) is 6.62. The summed E-state index contributed by atoms with van der Waals surface area (Å²) >= 11 is 0. The van der Waals surface area contributed by atoms with Crippen molar-refractivity contribution in [2.75, 3.05) is 0 Å². The van der Waals surface area contributed by atoms with Gasteiger partial charge in [0, 0.05) is 0 Å². The standard InChI is InChI=1S/C16H28/c1-12(2)7-9-14-11-15(16(4,5)6)10-8-13(14)3/h14-15H,1,3,7-11H2,2,4-6H3. The van der Waals surface area contributed by atoms with Crippen molar-refractivity contribution in [1.29, 1.82) is 0 Å². The average Bonchev–Trinajstić information content (AvgIpc) is 2.14. The van der Waals surface area contributed by atoms with Crippen LogP contribution in [0, 0.1) is 17.3 Å². The zero-order valence-electron chi connectivity index (χ0n) is 11.6. The molecular weight excluding hydrogens is 192 g/mol.